The highest BCUT2D eigenvalue weighted by molar-refractivity contribution is 7.91. The summed E-state index contributed by atoms with van der Waals surface area (Å²) >= 11 is 0. The Hall–Kier alpha value is -1.77. The number of hydrogen-bond donors (Lipinski definition) is 2. The van der Waals surface area contributed by atoms with Gasteiger partial charge in [-0.15, -0.1) is 0 Å². The molecule has 0 amide bonds. The maximum absolute atomic E-state index is 12.5. The lowest BCUT2D eigenvalue weighted by Crippen LogP contribution is -2.39. The monoisotopic (exact) mass is 363 g/mol. The molecule has 1 saturated heterocycles. The summed E-state index contributed by atoms with van der Waals surface area (Å²) in [6.45, 7) is 0.812. The molecular weight excluding hydrogens is 343 g/mol. The fraction of sp³-hybridized carbons (Fsp3) is 0.533. The summed E-state index contributed by atoms with van der Waals surface area (Å²) in [6, 6.07) is 4.90. The van der Waals surface area contributed by atoms with Crippen molar-refractivity contribution in [3.63, 3.8) is 0 Å². The highest BCUT2D eigenvalue weighted by Crippen LogP contribution is 2.29. The molecule has 134 valence electrons. The largest absolute Gasteiger partial charge is 0.416 e. The summed E-state index contributed by atoms with van der Waals surface area (Å²) in [6.07, 6.45) is -3.71. The SMILES string of the molecule is CN=C(NCc1ccc(C(F)(F)F)cc1)NCC1CCS(=O)(=O)C1. The van der Waals surface area contributed by atoms with Gasteiger partial charge in [0.25, 0.3) is 0 Å². The molecule has 1 fully saturated rings. The minimum Gasteiger partial charge on any atom is -0.356 e. The summed E-state index contributed by atoms with van der Waals surface area (Å²) in [5.74, 6) is 0.936. The van der Waals surface area contributed by atoms with Gasteiger partial charge in [-0.3, -0.25) is 4.99 Å². The quantitative estimate of drug-likeness (QED) is 0.632. The maximum atomic E-state index is 12.5. The van der Waals surface area contributed by atoms with Crippen molar-refractivity contribution in [1.82, 2.24) is 10.6 Å². The first-order valence-electron chi connectivity index (χ1n) is 7.51. The van der Waals surface area contributed by atoms with Crippen LogP contribution in [-0.2, 0) is 22.6 Å². The Morgan fingerprint density at radius 2 is 1.92 bits per heavy atom. The number of alkyl halides is 3. The van der Waals surface area contributed by atoms with Gasteiger partial charge in [-0.25, -0.2) is 8.42 Å². The van der Waals surface area contributed by atoms with Crippen molar-refractivity contribution in [3.05, 3.63) is 35.4 Å². The van der Waals surface area contributed by atoms with Crippen LogP contribution in [0.25, 0.3) is 0 Å². The lowest BCUT2D eigenvalue weighted by Gasteiger charge is -2.15. The van der Waals surface area contributed by atoms with Gasteiger partial charge in [-0.2, -0.15) is 13.2 Å². The number of nitrogens with one attached hydrogen (secondary N) is 2. The summed E-state index contributed by atoms with van der Waals surface area (Å²) in [7, 11) is -1.34. The van der Waals surface area contributed by atoms with E-state index in [-0.39, 0.29) is 17.4 Å². The second kappa shape index (κ2) is 7.42. The van der Waals surface area contributed by atoms with Gasteiger partial charge >= 0.3 is 6.18 Å². The second-order valence-electron chi connectivity index (χ2n) is 5.77. The molecule has 0 bridgehead atoms. The molecular formula is C15H20F3N3O2S. The molecule has 1 heterocycles. The van der Waals surface area contributed by atoms with Gasteiger partial charge in [0.05, 0.1) is 17.1 Å². The molecule has 1 aliphatic rings. The summed E-state index contributed by atoms with van der Waals surface area (Å²) < 4.78 is 60.3. The van der Waals surface area contributed by atoms with E-state index in [0.29, 0.717) is 31.0 Å². The summed E-state index contributed by atoms with van der Waals surface area (Å²) in [5, 5.41) is 6.05. The first-order chi connectivity index (χ1) is 11.2. The number of sulfone groups is 1. The van der Waals surface area contributed by atoms with E-state index in [1.165, 1.54) is 12.1 Å². The summed E-state index contributed by atoms with van der Waals surface area (Å²) in [5.41, 5.74) is 0.00518. The van der Waals surface area contributed by atoms with Gasteiger partial charge < -0.3 is 10.6 Å². The highest BCUT2D eigenvalue weighted by atomic mass is 32.2. The minimum absolute atomic E-state index is 0.0552. The Morgan fingerprint density at radius 3 is 2.42 bits per heavy atom. The third-order valence-electron chi connectivity index (χ3n) is 3.85. The van der Waals surface area contributed by atoms with Gasteiger partial charge in [0.1, 0.15) is 0 Å². The zero-order valence-corrected chi connectivity index (χ0v) is 14.0. The molecule has 2 N–H and O–H groups in total. The lowest BCUT2D eigenvalue weighted by molar-refractivity contribution is -0.137. The third kappa shape index (κ3) is 5.40. The molecule has 5 nitrogen and oxygen atoms in total. The first-order valence-corrected chi connectivity index (χ1v) is 9.33. The van der Waals surface area contributed by atoms with Crippen LogP contribution in [0.4, 0.5) is 13.2 Å². The van der Waals surface area contributed by atoms with Crippen LogP contribution in [0, 0.1) is 5.92 Å². The first kappa shape index (κ1) is 18.6. The van der Waals surface area contributed by atoms with E-state index in [9.17, 15) is 21.6 Å². The lowest BCUT2D eigenvalue weighted by atomic mass is 10.1. The molecule has 0 saturated carbocycles. The molecule has 0 spiro atoms. The molecule has 0 radical (unpaired) electrons. The fourth-order valence-electron chi connectivity index (χ4n) is 2.49. The Bertz CT molecular complexity index is 685. The molecule has 0 aromatic heterocycles. The molecule has 9 heteroatoms. The van der Waals surface area contributed by atoms with E-state index in [1.54, 1.807) is 7.05 Å². The number of aliphatic imine (C=N–C) groups is 1. The predicted octanol–water partition coefficient (Wildman–Crippen LogP) is 1.81. The van der Waals surface area contributed by atoms with Gasteiger partial charge in [0.2, 0.25) is 0 Å². The van der Waals surface area contributed by atoms with E-state index in [1.807, 2.05) is 0 Å². The number of hydrogen-bond acceptors (Lipinski definition) is 3. The predicted molar refractivity (Wildman–Crippen MR) is 86.4 cm³/mol. The number of nitrogens with zero attached hydrogens (tertiary/aromatic N) is 1. The van der Waals surface area contributed by atoms with Crippen molar-refractivity contribution in [2.45, 2.75) is 19.1 Å². The van der Waals surface area contributed by atoms with Crippen LogP contribution in [0.15, 0.2) is 29.3 Å². The molecule has 1 aliphatic heterocycles. The standard InChI is InChI=1S/C15H20F3N3O2S/c1-19-14(21-9-12-6-7-24(22,23)10-12)20-8-11-2-4-13(5-3-11)15(16,17)18/h2-5,12H,6-10H2,1H3,(H2,19,20,21). The molecule has 1 aromatic rings. The third-order valence-corrected chi connectivity index (χ3v) is 5.69. The van der Waals surface area contributed by atoms with E-state index >= 15 is 0 Å². The minimum atomic E-state index is -4.34. The van der Waals surface area contributed by atoms with Crippen molar-refractivity contribution >= 4 is 15.8 Å². The molecule has 1 unspecified atom stereocenters. The van der Waals surface area contributed by atoms with E-state index < -0.39 is 21.6 Å². The number of guanidine groups is 1. The zero-order chi connectivity index (χ0) is 17.8. The molecule has 0 aliphatic carbocycles. The van der Waals surface area contributed by atoms with Gasteiger partial charge in [0, 0.05) is 20.1 Å². The van der Waals surface area contributed by atoms with Crippen LogP contribution in [-0.4, -0.2) is 39.5 Å². The van der Waals surface area contributed by atoms with Crippen LogP contribution >= 0.6 is 0 Å². The topological polar surface area (TPSA) is 70.6 Å². The van der Waals surface area contributed by atoms with Crippen LogP contribution in [0.5, 0.6) is 0 Å². The second-order valence-corrected chi connectivity index (χ2v) is 8.00. The number of rotatable bonds is 4. The van der Waals surface area contributed by atoms with Gasteiger partial charge in [-0.1, -0.05) is 12.1 Å². The van der Waals surface area contributed by atoms with Crippen molar-refractivity contribution < 1.29 is 21.6 Å². The van der Waals surface area contributed by atoms with Crippen LogP contribution in [0.3, 0.4) is 0 Å². The highest BCUT2D eigenvalue weighted by Gasteiger charge is 2.30. The van der Waals surface area contributed by atoms with Crippen molar-refractivity contribution in [2.75, 3.05) is 25.1 Å². The molecule has 1 aromatic carbocycles. The van der Waals surface area contributed by atoms with Crippen molar-refractivity contribution in [3.8, 4) is 0 Å². The Kier molecular flexibility index (Phi) is 5.74. The number of halogens is 3. The normalized spacial score (nSPS) is 20.8. The number of benzene rings is 1. The Balaban J connectivity index is 1.81. The average Bonchev–Trinajstić information content (AvgIpc) is 2.86. The van der Waals surface area contributed by atoms with E-state index in [4.69, 9.17) is 0 Å². The van der Waals surface area contributed by atoms with Crippen LogP contribution in [0.1, 0.15) is 17.5 Å². The van der Waals surface area contributed by atoms with E-state index in [0.717, 1.165) is 12.1 Å². The van der Waals surface area contributed by atoms with E-state index in [2.05, 4.69) is 15.6 Å². The Morgan fingerprint density at radius 1 is 1.25 bits per heavy atom. The average molecular weight is 363 g/mol. The van der Waals surface area contributed by atoms with Crippen LogP contribution in [0.2, 0.25) is 0 Å². The van der Waals surface area contributed by atoms with Gasteiger partial charge in [0.15, 0.2) is 15.8 Å². The van der Waals surface area contributed by atoms with Gasteiger partial charge in [-0.05, 0) is 30.0 Å². The smallest absolute Gasteiger partial charge is 0.356 e. The Labute approximate surface area is 139 Å². The maximum Gasteiger partial charge on any atom is 0.416 e. The molecule has 24 heavy (non-hydrogen) atoms. The summed E-state index contributed by atoms with van der Waals surface area (Å²) in [4.78, 5) is 4.02. The van der Waals surface area contributed by atoms with Crippen molar-refractivity contribution in [2.24, 2.45) is 10.9 Å². The molecule has 1 atom stereocenters. The van der Waals surface area contributed by atoms with Crippen molar-refractivity contribution in [1.29, 1.82) is 0 Å². The van der Waals surface area contributed by atoms with Crippen LogP contribution < -0.4 is 10.6 Å². The molecule has 2 rings (SSSR count). The zero-order valence-electron chi connectivity index (χ0n) is 13.2. The fourth-order valence-corrected chi connectivity index (χ4v) is 4.35.